The molecule has 7 aromatic carbocycles. The Balaban J connectivity index is 1.11. The van der Waals surface area contributed by atoms with Crippen molar-refractivity contribution in [3.05, 3.63) is 155 Å². The van der Waals surface area contributed by atoms with Crippen molar-refractivity contribution in [2.24, 2.45) is 40.9 Å². The maximum absolute atomic E-state index is 12.7. The Morgan fingerprint density at radius 1 is 0.529 bits per heavy atom. The van der Waals surface area contributed by atoms with Gasteiger partial charge in [-0.15, -0.1) is 10.2 Å². The van der Waals surface area contributed by atoms with Gasteiger partial charge < -0.3 is 19.9 Å². The smallest absolute Gasteiger partial charge is 0.296 e. The van der Waals surface area contributed by atoms with E-state index in [0.717, 1.165) is 11.8 Å². The third kappa shape index (κ3) is 17.5. The number of benzene rings is 7. The lowest BCUT2D eigenvalue weighted by Gasteiger charge is -2.12. The molecule has 6 N–H and O–H groups in total. The molecular weight excluding hydrogens is 1180 g/mol. The highest BCUT2D eigenvalue weighted by atomic mass is 32.2. The van der Waals surface area contributed by atoms with E-state index in [-0.39, 0.29) is 55.0 Å². The van der Waals surface area contributed by atoms with Crippen LogP contribution in [0.1, 0.15) is 54.0 Å². The standard InChI is InChI=1S/C57H59N9O15S4/c1-8-10-14-41(9-2)58-42-17-18-45-40(28-42)30-55(85(77,78)79)56(57(45)67)66-64-50-26-36(5)48(25-37(50)6)62-61-47-23-35(4)49(24-34(47)3)63-65-52-27-38(7)51(33-54(52)81-20-13-22-83(71,72)73)60-59-43-16-15-39-29-44(84(74,75)76)32-53(46(39)31-43)80-19-11-12-21-82(68,69)70/h8-10,14-18,23-33,58,67H,1,11-13,19-22H2,2-7H3,(H,68,69,70)(H,71,72,73)(H,74,75,76)(H,77,78,79)/b14-10-,41-9+,60-59?,62-61?,65-63?,66-64+. The molecule has 0 aromatic heterocycles. The molecular formula is C57H59N9O15S4. The molecule has 24 nitrogen and oxygen atoms in total. The number of hydrogen-bond acceptors (Lipinski definition) is 20. The molecule has 0 amide bonds. The van der Waals surface area contributed by atoms with Crippen molar-refractivity contribution < 1.29 is 66.5 Å². The van der Waals surface area contributed by atoms with E-state index in [1.54, 1.807) is 114 Å². The lowest BCUT2D eigenvalue weighted by molar-refractivity contribution is 0.311. The van der Waals surface area contributed by atoms with Gasteiger partial charge in [-0.2, -0.15) is 64.4 Å². The van der Waals surface area contributed by atoms with Gasteiger partial charge in [0, 0.05) is 34.3 Å². The van der Waals surface area contributed by atoms with Gasteiger partial charge in [0.1, 0.15) is 27.8 Å². The number of aromatic hydroxyl groups is 1. The highest BCUT2D eigenvalue weighted by Crippen LogP contribution is 2.44. The van der Waals surface area contributed by atoms with Gasteiger partial charge in [-0.05, 0) is 178 Å². The van der Waals surface area contributed by atoms with Crippen molar-refractivity contribution in [3.8, 4) is 17.2 Å². The summed E-state index contributed by atoms with van der Waals surface area (Å²) in [7, 11) is -18.0. The van der Waals surface area contributed by atoms with Crippen LogP contribution in [-0.4, -0.2) is 81.7 Å². The second kappa shape index (κ2) is 27.0. The summed E-state index contributed by atoms with van der Waals surface area (Å²) in [5.41, 5.74) is 6.60. The first-order valence-corrected chi connectivity index (χ1v) is 31.8. The van der Waals surface area contributed by atoms with E-state index in [2.05, 4.69) is 52.8 Å². The van der Waals surface area contributed by atoms with Crippen LogP contribution in [0.2, 0.25) is 0 Å². The van der Waals surface area contributed by atoms with Gasteiger partial charge in [0.15, 0.2) is 5.75 Å². The van der Waals surface area contributed by atoms with Crippen molar-refractivity contribution in [1.29, 1.82) is 0 Å². The Labute approximate surface area is 491 Å². The molecule has 0 radical (unpaired) electrons. The minimum atomic E-state index is -4.89. The third-order valence-corrected chi connectivity index (χ3v) is 16.0. The third-order valence-electron chi connectivity index (χ3n) is 12.7. The zero-order valence-electron chi connectivity index (χ0n) is 46.7. The van der Waals surface area contributed by atoms with Crippen LogP contribution in [-0.2, 0) is 40.5 Å². The summed E-state index contributed by atoms with van der Waals surface area (Å²) in [6.07, 6.45) is 7.16. The van der Waals surface area contributed by atoms with Crippen LogP contribution in [0.15, 0.2) is 178 Å². The number of fused-ring (bicyclic) bond motifs is 2. The number of rotatable bonds is 25. The van der Waals surface area contributed by atoms with Gasteiger partial charge in [-0.25, -0.2) is 0 Å². The molecule has 85 heavy (non-hydrogen) atoms. The zero-order chi connectivity index (χ0) is 62.0. The fourth-order valence-electron chi connectivity index (χ4n) is 8.28. The molecule has 0 atom stereocenters. The van der Waals surface area contributed by atoms with E-state index in [1.807, 2.05) is 13.0 Å². The molecule has 446 valence electrons. The SMILES string of the molecule is C=C/C=C\C(=C/C)Nc1ccc2c(O)c(/N=N/c3cc(C)c(N=Nc4cc(C)c(N=Nc5cc(C)c(N=Nc6ccc7cc(S(=O)(=O)O)cc(OCCCCS(=O)(=O)O)c7c6)cc5OCCCS(=O)(=O)O)cc4C)cc3C)c(S(=O)(=O)O)cc2c1. The monoisotopic (exact) mass is 1240 g/mol. The van der Waals surface area contributed by atoms with E-state index in [1.165, 1.54) is 24.3 Å². The number of anilines is 1. The normalized spacial score (nSPS) is 13.0. The predicted molar refractivity (Wildman–Crippen MR) is 323 cm³/mol. The second-order valence-electron chi connectivity index (χ2n) is 19.3. The first kappa shape index (κ1) is 64.1. The summed E-state index contributed by atoms with van der Waals surface area (Å²) in [4.78, 5) is -1.08. The van der Waals surface area contributed by atoms with Crippen molar-refractivity contribution >= 4 is 113 Å². The van der Waals surface area contributed by atoms with Gasteiger partial charge >= 0.3 is 0 Å². The van der Waals surface area contributed by atoms with Crippen LogP contribution in [0.4, 0.5) is 51.2 Å². The number of nitrogens with one attached hydrogen (secondary N) is 1. The van der Waals surface area contributed by atoms with E-state index in [4.69, 9.17) is 14.0 Å². The van der Waals surface area contributed by atoms with Crippen molar-refractivity contribution in [2.45, 2.75) is 70.6 Å². The largest absolute Gasteiger partial charge is 0.505 e. The number of phenols is 1. The number of ether oxygens (including phenoxy) is 2. The van der Waals surface area contributed by atoms with E-state index in [0.29, 0.717) is 83.8 Å². The number of azo groups is 4. The molecule has 0 aliphatic heterocycles. The highest BCUT2D eigenvalue weighted by molar-refractivity contribution is 7.86. The Hall–Kier alpha value is -8.48. The molecule has 28 heteroatoms. The van der Waals surface area contributed by atoms with Crippen LogP contribution in [0.25, 0.3) is 21.5 Å². The molecule has 0 aliphatic rings. The van der Waals surface area contributed by atoms with Gasteiger partial charge in [0.05, 0.1) is 63.7 Å². The minimum absolute atomic E-state index is 0.0476. The molecule has 0 aliphatic carbocycles. The minimum Gasteiger partial charge on any atom is -0.505 e. The number of phenolic OH excluding ortho intramolecular Hbond substituents is 1. The topological polar surface area (TPSA) is 367 Å². The molecule has 0 spiro atoms. The fourth-order valence-corrected chi connectivity index (χ4v) is 10.5. The first-order valence-electron chi connectivity index (χ1n) is 25.7. The molecule has 7 rings (SSSR count). The van der Waals surface area contributed by atoms with Gasteiger partial charge in [0.25, 0.3) is 40.5 Å². The summed E-state index contributed by atoms with van der Waals surface area (Å²) in [5, 5.41) is 51.1. The summed E-state index contributed by atoms with van der Waals surface area (Å²) in [6, 6.07) is 23.2. The maximum Gasteiger partial charge on any atom is 0.296 e. The number of unbranched alkanes of at least 4 members (excludes halogenated alkanes) is 1. The van der Waals surface area contributed by atoms with Crippen LogP contribution in [0.3, 0.4) is 0 Å². The molecule has 0 bridgehead atoms. The first-order chi connectivity index (χ1) is 40.0. The number of nitrogens with zero attached hydrogens (tertiary/aromatic N) is 8. The lowest BCUT2D eigenvalue weighted by atomic mass is 10.1. The molecule has 0 unspecified atom stereocenters. The molecule has 0 saturated heterocycles. The zero-order valence-corrected chi connectivity index (χ0v) is 49.9. The van der Waals surface area contributed by atoms with Crippen molar-refractivity contribution in [1.82, 2.24) is 0 Å². The summed E-state index contributed by atoms with van der Waals surface area (Å²) >= 11 is 0. The number of aryl methyl sites for hydroxylation is 5. The molecule has 0 heterocycles. The Kier molecular flexibility index (Phi) is 20.4. The van der Waals surface area contributed by atoms with E-state index in [9.17, 15) is 52.4 Å². The van der Waals surface area contributed by atoms with Crippen LogP contribution in [0, 0.1) is 34.6 Å². The Bertz CT molecular complexity index is 4430. The Morgan fingerprint density at radius 2 is 1.05 bits per heavy atom. The second-order valence-corrected chi connectivity index (χ2v) is 25.3. The summed E-state index contributed by atoms with van der Waals surface area (Å²) in [6.45, 7) is 14.1. The van der Waals surface area contributed by atoms with Gasteiger partial charge in [-0.3, -0.25) is 18.2 Å². The highest BCUT2D eigenvalue weighted by Gasteiger charge is 2.23. The predicted octanol–water partition coefficient (Wildman–Crippen LogP) is 15.2. The van der Waals surface area contributed by atoms with Gasteiger partial charge in [0.2, 0.25) is 0 Å². The average molecular weight is 1240 g/mol. The molecule has 7 aromatic rings. The number of hydrogen-bond donors (Lipinski definition) is 6. The van der Waals surface area contributed by atoms with Crippen molar-refractivity contribution in [2.75, 3.05) is 30.0 Å². The quantitative estimate of drug-likeness (QED) is 0.0134. The van der Waals surface area contributed by atoms with Crippen LogP contribution >= 0.6 is 0 Å². The van der Waals surface area contributed by atoms with E-state index < -0.39 is 73.2 Å². The average Bonchev–Trinajstić information content (AvgIpc) is 2.38. The number of allylic oxidation sites excluding steroid dienone is 4. The fraction of sp³-hybridized carbons (Fsp3) is 0.228. The lowest BCUT2D eigenvalue weighted by Crippen LogP contribution is -2.08. The molecule has 0 saturated carbocycles. The van der Waals surface area contributed by atoms with Crippen LogP contribution < -0.4 is 14.8 Å². The van der Waals surface area contributed by atoms with Gasteiger partial charge in [-0.1, -0.05) is 30.9 Å². The van der Waals surface area contributed by atoms with Crippen molar-refractivity contribution in [3.63, 3.8) is 0 Å². The van der Waals surface area contributed by atoms with Crippen LogP contribution in [0.5, 0.6) is 17.2 Å². The summed E-state index contributed by atoms with van der Waals surface area (Å²) in [5.74, 6) is -1.38. The Morgan fingerprint density at radius 3 is 1.60 bits per heavy atom. The van der Waals surface area contributed by atoms with E-state index >= 15 is 0 Å². The summed E-state index contributed by atoms with van der Waals surface area (Å²) < 4.78 is 145. The maximum atomic E-state index is 12.7. The molecule has 0 fully saturated rings.